The summed E-state index contributed by atoms with van der Waals surface area (Å²) in [6, 6.07) is 19.3. The van der Waals surface area contributed by atoms with Gasteiger partial charge in [-0.05, 0) is 36.4 Å². The van der Waals surface area contributed by atoms with Gasteiger partial charge in [-0.25, -0.2) is 0 Å². The normalized spacial score (nSPS) is 14.5. The molecule has 0 aromatic heterocycles. The van der Waals surface area contributed by atoms with E-state index in [-0.39, 0.29) is 23.4 Å². The van der Waals surface area contributed by atoms with Gasteiger partial charge in [0, 0.05) is 47.8 Å². The van der Waals surface area contributed by atoms with Gasteiger partial charge < -0.3 is 10.2 Å². The zero-order chi connectivity index (χ0) is 21.1. The van der Waals surface area contributed by atoms with Crippen molar-refractivity contribution in [3.05, 3.63) is 82.4 Å². The summed E-state index contributed by atoms with van der Waals surface area (Å²) >= 11 is 0. The number of rotatable bonds is 4. The Hall–Kier alpha value is -3.74. The average Bonchev–Trinajstić information content (AvgIpc) is 2.79. The third-order valence-corrected chi connectivity index (χ3v) is 5.53. The van der Waals surface area contributed by atoms with Crippen LogP contribution >= 0.6 is 0 Å². The number of hydrogen-bond donors (Lipinski definition) is 1. The van der Waals surface area contributed by atoms with Gasteiger partial charge in [-0.2, -0.15) is 0 Å². The molecule has 1 heterocycles. The van der Waals surface area contributed by atoms with Crippen molar-refractivity contribution in [3.63, 3.8) is 0 Å². The van der Waals surface area contributed by atoms with Crippen LogP contribution in [0.15, 0.2) is 66.7 Å². The second-order valence-corrected chi connectivity index (χ2v) is 7.39. The Kier molecular flexibility index (Phi) is 5.43. The van der Waals surface area contributed by atoms with E-state index in [9.17, 15) is 19.7 Å². The van der Waals surface area contributed by atoms with Crippen LogP contribution in [-0.4, -0.2) is 34.7 Å². The highest BCUT2D eigenvalue weighted by Gasteiger charge is 2.28. The minimum absolute atomic E-state index is 0.0335. The molecule has 4 rings (SSSR count). The molecule has 152 valence electrons. The molecule has 1 aliphatic rings. The lowest BCUT2D eigenvalue weighted by atomic mass is 9.95. The highest BCUT2D eigenvalue weighted by molar-refractivity contribution is 6.03. The minimum atomic E-state index is -0.492. The molecule has 0 unspecified atom stereocenters. The molecule has 0 atom stereocenters. The van der Waals surface area contributed by atoms with E-state index in [0.717, 1.165) is 16.5 Å². The number of anilines is 1. The Morgan fingerprint density at radius 1 is 0.933 bits per heavy atom. The summed E-state index contributed by atoms with van der Waals surface area (Å²) < 4.78 is 0. The number of nitro groups is 1. The standard InChI is InChI=1S/C23H21N3O4/c27-22(24-21-7-3-5-16-4-1-2-6-20(16)21)17-12-14-25(15-13-17)23(28)18-8-10-19(11-9-18)26(29)30/h1-11,17H,12-15H2,(H,24,27). The summed E-state index contributed by atoms with van der Waals surface area (Å²) in [6.07, 6.45) is 1.16. The lowest BCUT2D eigenvalue weighted by Gasteiger charge is -2.31. The Labute approximate surface area is 173 Å². The summed E-state index contributed by atoms with van der Waals surface area (Å²) in [5.41, 5.74) is 1.16. The van der Waals surface area contributed by atoms with Crippen molar-refractivity contribution in [2.24, 2.45) is 5.92 Å². The molecule has 0 bridgehead atoms. The first kappa shape index (κ1) is 19.6. The molecule has 3 aromatic rings. The van der Waals surface area contributed by atoms with Gasteiger partial charge in [0.25, 0.3) is 11.6 Å². The van der Waals surface area contributed by atoms with Crippen LogP contribution in [0.1, 0.15) is 23.2 Å². The maximum atomic E-state index is 12.8. The summed E-state index contributed by atoms with van der Waals surface area (Å²) in [4.78, 5) is 37.4. The molecule has 2 amide bonds. The molecule has 1 N–H and O–H groups in total. The molecule has 7 nitrogen and oxygen atoms in total. The van der Waals surface area contributed by atoms with E-state index in [0.29, 0.717) is 31.5 Å². The lowest BCUT2D eigenvalue weighted by Crippen LogP contribution is -2.41. The first-order chi connectivity index (χ1) is 14.5. The number of fused-ring (bicyclic) bond motifs is 1. The number of nitrogens with one attached hydrogen (secondary N) is 1. The first-order valence-corrected chi connectivity index (χ1v) is 9.85. The van der Waals surface area contributed by atoms with Gasteiger partial charge in [-0.15, -0.1) is 0 Å². The van der Waals surface area contributed by atoms with Crippen LogP contribution in [0.25, 0.3) is 10.8 Å². The van der Waals surface area contributed by atoms with Gasteiger partial charge in [0.15, 0.2) is 0 Å². The Morgan fingerprint density at radius 3 is 2.30 bits per heavy atom. The third kappa shape index (κ3) is 4.00. The number of benzene rings is 3. The van der Waals surface area contributed by atoms with Gasteiger partial charge in [0.1, 0.15) is 0 Å². The largest absolute Gasteiger partial charge is 0.339 e. The number of non-ortho nitro benzene ring substituents is 1. The van der Waals surface area contributed by atoms with E-state index in [2.05, 4.69) is 5.32 Å². The number of carbonyl (C=O) groups is 2. The fourth-order valence-electron chi connectivity index (χ4n) is 3.82. The molecule has 7 heteroatoms. The molecular formula is C23H21N3O4. The number of nitrogens with zero attached hydrogens (tertiary/aromatic N) is 2. The van der Waals surface area contributed by atoms with Gasteiger partial charge in [0.2, 0.25) is 5.91 Å². The van der Waals surface area contributed by atoms with Crippen LogP contribution < -0.4 is 5.32 Å². The number of nitro benzene ring substituents is 1. The van der Waals surface area contributed by atoms with Crippen LogP contribution in [0, 0.1) is 16.0 Å². The van der Waals surface area contributed by atoms with Gasteiger partial charge >= 0.3 is 0 Å². The van der Waals surface area contributed by atoms with Crippen molar-refractivity contribution in [2.75, 3.05) is 18.4 Å². The second-order valence-electron chi connectivity index (χ2n) is 7.39. The van der Waals surface area contributed by atoms with Crippen LogP contribution in [0.2, 0.25) is 0 Å². The maximum Gasteiger partial charge on any atom is 0.269 e. The van der Waals surface area contributed by atoms with E-state index in [1.807, 2.05) is 42.5 Å². The number of amides is 2. The fourth-order valence-corrected chi connectivity index (χ4v) is 3.82. The smallest absolute Gasteiger partial charge is 0.269 e. The van der Waals surface area contributed by atoms with E-state index in [1.54, 1.807) is 4.90 Å². The van der Waals surface area contributed by atoms with E-state index < -0.39 is 4.92 Å². The van der Waals surface area contributed by atoms with Crippen molar-refractivity contribution < 1.29 is 14.5 Å². The van der Waals surface area contributed by atoms with Crippen molar-refractivity contribution >= 4 is 34.0 Å². The molecular weight excluding hydrogens is 382 g/mol. The average molecular weight is 403 g/mol. The summed E-state index contributed by atoms with van der Waals surface area (Å²) in [6.45, 7) is 0.951. The summed E-state index contributed by atoms with van der Waals surface area (Å²) in [5.74, 6) is -0.364. The lowest BCUT2D eigenvalue weighted by molar-refractivity contribution is -0.384. The van der Waals surface area contributed by atoms with E-state index >= 15 is 0 Å². The Morgan fingerprint density at radius 2 is 1.60 bits per heavy atom. The fraction of sp³-hybridized carbons (Fsp3) is 0.217. The Bertz CT molecular complexity index is 1100. The predicted octanol–water partition coefficient (Wildman–Crippen LogP) is 4.24. The quantitative estimate of drug-likeness (QED) is 0.521. The van der Waals surface area contributed by atoms with Crippen molar-refractivity contribution in [1.29, 1.82) is 0 Å². The molecule has 30 heavy (non-hydrogen) atoms. The number of piperidine rings is 1. The number of hydrogen-bond acceptors (Lipinski definition) is 4. The number of carbonyl (C=O) groups excluding carboxylic acids is 2. The van der Waals surface area contributed by atoms with Gasteiger partial charge in [-0.3, -0.25) is 19.7 Å². The molecule has 0 spiro atoms. The van der Waals surface area contributed by atoms with Crippen LogP contribution in [0.5, 0.6) is 0 Å². The van der Waals surface area contributed by atoms with Crippen molar-refractivity contribution in [1.82, 2.24) is 4.90 Å². The highest BCUT2D eigenvalue weighted by Crippen LogP contribution is 2.26. The van der Waals surface area contributed by atoms with Crippen molar-refractivity contribution in [3.8, 4) is 0 Å². The maximum absolute atomic E-state index is 12.8. The predicted molar refractivity (Wildman–Crippen MR) is 114 cm³/mol. The van der Waals surface area contributed by atoms with E-state index in [1.165, 1.54) is 24.3 Å². The zero-order valence-corrected chi connectivity index (χ0v) is 16.3. The minimum Gasteiger partial charge on any atom is -0.339 e. The topological polar surface area (TPSA) is 92.6 Å². The van der Waals surface area contributed by atoms with Crippen LogP contribution in [-0.2, 0) is 4.79 Å². The highest BCUT2D eigenvalue weighted by atomic mass is 16.6. The second kappa shape index (κ2) is 8.32. The molecule has 1 fully saturated rings. The monoisotopic (exact) mass is 403 g/mol. The summed E-state index contributed by atoms with van der Waals surface area (Å²) in [5, 5.41) is 15.9. The van der Waals surface area contributed by atoms with Crippen LogP contribution in [0.4, 0.5) is 11.4 Å². The third-order valence-electron chi connectivity index (χ3n) is 5.53. The summed E-state index contributed by atoms with van der Waals surface area (Å²) in [7, 11) is 0. The number of likely N-dealkylation sites (tertiary alicyclic amines) is 1. The van der Waals surface area contributed by atoms with E-state index in [4.69, 9.17) is 0 Å². The van der Waals surface area contributed by atoms with Gasteiger partial charge in [-0.1, -0.05) is 36.4 Å². The molecule has 0 saturated carbocycles. The molecule has 0 radical (unpaired) electrons. The Balaban J connectivity index is 1.37. The molecule has 1 saturated heterocycles. The zero-order valence-electron chi connectivity index (χ0n) is 16.3. The first-order valence-electron chi connectivity index (χ1n) is 9.85. The van der Waals surface area contributed by atoms with Crippen LogP contribution in [0.3, 0.4) is 0 Å². The molecule has 1 aliphatic heterocycles. The van der Waals surface area contributed by atoms with Gasteiger partial charge in [0.05, 0.1) is 4.92 Å². The SMILES string of the molecule is O=C(Nc1cccc2ccccc12)C1CCN(C(=O)c2ccc([N+](=O)[O-])cc2)CC1. The molecule has 3 aromatic carbocycles. The molecule has 0 aliphatic carbocycles. The van der Waals surface area contributed by atoms with Crippen molar-refractivity contribution in [2.45, 2.75) is 12.8 Å².